The van der Waals surface area contributed by atoms with Gasteiger partial charge in [0.2, 0.25) is 0 Å². The number of amides is 1. The summed E-state index contributed by atoms with van der Waals surface area (Å²) < 4.78 is 29.2. The Bertz CT molecular complexity index is 1380. The summed E-state index contributed by atoms with van der Waals surface area (Å²) in [7, 11) is -3.84. The third kappa shape index (κ3) is 5.29. The van der Waals surface area contributed by atoms with Gasteiger partial charge in [-0.2, -0.15) is 0 Å². The summed E-state index contributed by atoms with van der Waals surface area (Å²) in [6.45, 7) is 0.889. The highest BCUT2D eigenvalue weighted by molar-refractivity contribution is 8.03. The minimum atomic E-state index is -3.84. The molecule has 2 aliphatic heterocycles. The second-order valence-electron chi connectivity index (χ2n) is 8.59. The van der Waals surface area contributed by atoms with Crippen LogP contribution in [0.5, 0.6) is 0 Å². The van der Waals surface area contributed by atoms with E-state index in [2.05, 4.69) is 15.0 Å². The van der Waals surface area contributed by atoms with Crippen molar-refractivity contribution in [1.82, 2.24) is 15.2 Å². The van der Waals surface area contributed by atoms with E-state index < -0.39 is 15.6 Å². The van der Waals surface area contributed by atoms with Crippen LogP contribution in [0.25, 0.3) is 10.2 Å². The first kappa shape index (κ1) is 24.4. The third-order valence-corrected chi connectivity index (χ3v) is 9.72. The van der Waals surface area contributed by atoms with Crippen LogP contribution in [0.3, 0.4) is 0 Å². The number of likely N-dealkylation sites (tertiary alicyclic amines) is 1. The highest BCUT2D eigenvalue weighted by Crippen LogP contribution is 2.34. The number of carbonyl (C=O) groups is 1. The SMILES string of the molecule is O=C(c1ccc(NS(=O)(=O)c2cccc3scnc23)cc1)N1CCC(O)(CC2NC(Cl)=CS2)CC1. The smallest absolute Gasteiger partial charge is 0.264 e. The molecule has 0 aliphatic carbocycles. The highest BCUT2D eigenvalue weighted by Gasteiger charge is 2.37. The Morgan fingerprint density at radius 1 is 1.23 bits per heavy atom. The van der Waals surface area contributed by atoms with E-state index in [-0.39, 0.29) is 16.2 Å². The molecule has 5 rings (SSSR count). The summed E-state index contributed by atoms with van der Waals surface area (Å²) in [4.78, 5) is 19.0. The minimum Gasteiger partial charge on any atom is -0.390 e. The lowest BCUT2D eigenvalue weighted by Gasteiger charge is -2.39. The van der Waals surface area contributed by atoms with E-state index in [1.165, 1.54) is 17.4 Å². The molecule has 0 saturated carbocycles. The lowest BCUT2D eigenvalue weighted by Crippen LogP contribution is -2.48. The Morgan fingerprint density at radius 2 is 1.97 bits per heavy atom. The Kier molecular flexibility index (Phi) is 6.71. The van der Waals surface area contributed by atoms with Crippen LogP contribution in [0.4, 0.5) is 5.69 Å². The molecule has 3 N–H and O–H groups in total. The molecule has 0 radical (unpaired) electrons. The molecule has 3 heterocycles. The number of piperidine rings is 1. The molecule has 12 heteroatoms. The first-order valence-electron chi connectivity index (χ1n) is 11.0. The molecular weight excluding hydrogens is 528 g/mol. The number of rotatable bonds is 6. The van der Waals surface area contributed by atoms with Crippen molar-refractivity contribution in [3.63, 3.8) is 0 Å². The van der Waals surface area contributed by atoms with Gasteiger partial charge in [0.25, 0.3) is 15.9 Å². The summed E-state index contributed by atoms with van der Waals surface area (Å²) in [6.07, 6.45) is 1.51. The van der Waals surface area contributed by atoms with E-state index in [1.807, 2.05) is 11.5 Å². The van der Waals surface area contributed by atoms with Crippen LogP contribution in [-0.4, -0.2) is 53.4 Å². The van der Waals surface area contributed by atoms with Crippen LogP contribution in [0, 0.1) is 0 Å². The van der Waals surface area contributed by atoms with E-state index in [4.69, 9.17) is 11.6 Å². The number of para-hydroxylation sites is 1. The summed E-state index contributed by atoms with van der Waals surface area (Å²) in [5.41, 5.74) is 2.02. The number of carbonyl (C=O) groups excluding carboxylic acids is 1. The summed E-state index contributed by atoms with van der Waals surface area (Å²) in [5.74, 6) is -0.147. The average molecular weight is 551 g/mol. The molecule has 2 aromatic carbocycles. The van der Waals surface area contributed by atoms with Gasteiger partial charge in [0, 0.05) is 36.2 Å². The summed E-state index contributed by atoms with van der Waals surface area (Å²) in [6, 6.07) is 11.4. The van der Waals surface area contributed by atoms with Crippen molar-refractivity contribution in [3.05, 3.63) is 64.1 Å². The zero-order valence-electron chi connectivity index (χ0n) is 18.5. The van der Waals surface area contributed by atoms with Crippen LogP contribution < -0.4 is 10.0 Å². The maximum Gasteiger partial charge on any atom is 0.264 e. The minimum absolute atomic E-state index is 0.0357. The Balaban J connectivity index is 1.21. The largest absolute Gasteiger partial charge is 0.390 e. The molecule has 3 aromatic rings. The number of thiazole rings is 1. The van der Waals surface area contributed by atoms with Crippen LogP contribution in [0.1, 0.15) is 29.6 Å². The van der Waals surface area contributed by atoms with Crippen molar-refractivity contribution in [2.75, 3.05) is 17.8 Å². The van der Waals surface area contributed by atoms with Gasteiger partial charge in [0.05, 0.1) is 21.2 Å². The average Bonchev–Trinajstić information content (AvgIpc) is 3.47. The van der Waals surface area contributed by atoms with Crippen LogP contribution in [0.15, 0.2) is 63.4 Å². The van der Waals surface area contributed by atoms with Crippen molar-refractivity contribution in [2.24, 2.45) is 0 Å². The number of fused-ring (bicyclic) bond motifs is 1. The number of benzene rings is 2. The van der Waals surface area contributed by atoms with E-state index in [1.54, 1.807) is 52.5 Å². The topological polar surface area (TPSA) is 112 Å². The highest BCUT2D eigenvalue weighted by atomic mass is 35.5. The van der Waals surface area contributed by atoms with Gasteiger partial charge >= 0.3 is 0 Å². The van der Waals surface area contributed by atoms with E-state index in [0.29, 0.717) is 54.3 Å². The quantitative estimate of drug-likeness (QED) is 0.395. The molecule has 1 unspecified atom stereocenters. The Labute approximate surface area is 216 Å². The molecule has 35 heavy (non-hydrogen) atoms. The molecule has 2 aliphatic rings. The predicted octanol–water partition coefficient (Wildman–Crippen LogP) is 4.15. The van der Waals surface area contributed by atoms with Gasteiger partial charge in [0.15, 0.2) is 0 Å². The fourth-order valence-electron chi connectivity index (χ4n) is 4.29. The number of thioether (sulfide) groups is 1. The molecule has 1 amide bonds. The standard InChI is InChI=1S/C23H23ClN4O4S3/c24-19-13-33-20(26-19)12-23(30)8-10-28(11-9-23)22(29)15-4-6-16(7-5-15)27-35(31,32)18-3-1-2-17-21(18)25-14-34-17/h1-7,13-14,20,26-27,30H,8-12H2. The Morgan fingerprint density at radius 3 is 2.66 bits per heavy atom. The number of hydrogen-bond acceptors (Lipinski definition) is 8. The van der Waals surface area contributed by atoms with Crippen LogP contribution in [-0.2, 0) is 10.0 Å². The number of hydrogen-bond donors (Lipinski definition) is 3. The summed E-state index contributed by atoms with van der Waals surface area (Å²) in [5, 5.41) is 16.5. The number of sulfonamides is 1. The van der Waals surface area contributed by atoms with Gasteiger partial charge in [-0.05, 0) is 49.2 Å². The molecular formula is C23H23ClN4O4S3. The van der Waals surface area contributed by atoms with Gasteiger partial charge in [0.1, 0.15) is 15.6 Å². The first-order valence-corrected chi connectivity index (χ1v) is 14.7. The number of aromatic nitrogens is 1. The predicted molar refractivity (Wildman–Crippen MR) is 140 cm³/mol. The zero-order chi connectivity index (χ0) is 24.6. The van der Waals surface area contributed by atoms with E-state index >= 15 is 0 Å². The molecule has 1 atom stereocenters. The number of anilines is 1. The van der Waals surface area contributed by atoms with Gasteiger partial charge < -0.3 is 15.3 Å². The van der Waals surface area contributed by atoms with Crippen molar-refractivity contribution in [3.8, 4) is 0 Å². The van der Waals surface area contributed by atoms with Crippen molar-refractivity contribution in [1.29, 1.82) is 0 Å². The van der Waals surface area contributed by atoms with Gasteiger partial charge in [-0.25, -0.2) is 13.4 Å². The lowest BCUT2D eigenvalue weighted by atomic mass is 9.88. The fraction of sp³-hybridized carbons (Fsp3) is 0.304. The molecule has 1 saturated heterocycles. The lowest BCUT2D eigenvalue weighted by molar-refractivity contribution is -0.0237. The number of aliphatic hydroxyl groups is 1. The maximum atomic E-state index is 13.0. The number of nitrogens with one attached hydrogen (secondary N) is 2. The first-order chi connectivity index (χ1) is 16.7. The van der Waals surface area contributed by atoms with Crippen LogP contribution >= 0.6 is 34.7 Å². The second kappa shape index (κ2) is 9.62. The number of nitrogens with zero attached hydrogens (tertiary/aromatic N) is 2. The Hall–Kier alpha value is -2.31. The molecule has 1 aromatic heterocycles. The van der Waals surface area contributed by atoms with Crippen molar-refractivity contribution < 1.29 is 18.3 Å². The monoisotopic (exact) mass is 550 g/mol. The van der Waals surface area contributed by atoms with Crippen molar-refractivity contribution in [2.45, 2.75) is 35.1 Å². The van der Waals surface area contributed by atoms with Gasteiger partial charge in [-0.15, -0.1) is 23.1 Å². The van der Waals surface area contributed by atoms with E-state index in [0.717, 1.165) is 4.70 Å². The molecule has 184 valence electrons. The van der Waals surface area contributed by atoms with Gasteiger partial charge in [-0.3, -0.25) is 9.52 Å². The maximum absolute atomic E-state index is 13.0. The fourth-order valence-corrected chi connectivity index (χ4v) is 7.59. The van der Waals surface area contributed by atoms with Crippen molar-refractivity contribution >= 4 is 66.5 Å². The molecule has 1 fully saturated rings. The zero-order valence-corrected chi connectivity index (χ0v) is 21.7. The van der Waals surface area contributed by atoms with Crippen LogP contribution in [0.2, 0.25) is 0 Å². The van der Waals surface area contributed by atoms with Gasteiger partial charge in [-0.1, -0.05) is 17.7 Å². The third-order valence-electron chi connectivity index (χ3n) is 6.18. The molecule has 0 bridgehead atoms. The molecule has 8 nitrogen and oxygen atoms in total. The second-order valence-corrected chi connectivity index (χ2v) is 12.6. The van der Waals surface area contributed by atoms with E-state index in [9.17, 15) is 18.3 Å². The molecule has 0 spiro atoms. The summed E-state index contributed by atoms with van der Waals surface area (Å²) >= 11 is 8.88. The number of halogens is 1. The normalized spacial score (nSPS) is 19.9.